The third kappa shape index (κ3) is 19.5. The Morgan fingerprint density at radius 2 is 0.594 bits per heavy atom. The summed E-state index contributed by atoms with van der Waals surface area (Å²) >= 11 is 10.3. The van der Waals surface area contributed by atoms with Gasteiger partial charge in [-0.25, -0.2) is 19.2 Å². The van der Waals surface area contributed by atoms with E-state index in [1.165, 1.54) is 67.2 Å². The second-order valence-corrected chi connectivity index (χ2v) is 36.7. The largest absolute Gasteiger partial charge is 0.386 e. The van der Waals surface area contributed by atoms with Crippen molar-refractivity contribution in [3.8, 4) is 0 Å². The van der Waals surface area contributed by atoms with Crippen LogP contribution in [0.25, 0.3) is 0 Å². The first-order chi connectivity index (χ1) is 48.7. The van der Waals surface area contributed by atoms with Gasteiger partial charge < -0.3 is 14.4 Å². The Labute approximate surface area is 613 Å². The summed E-state index contributed by atoms with van der Waals surface area (Å²) in [5, 5.41) is 2.21. The SMILES string of the molecule is C.Cc1ccccc1.O=C1OC(=O)C(Cl)=C1Cl.O=C1OC(=O)C(P2C(c3ccccc3)CC[C@H]2c2ccccc2)=C1P1C(c2ccccc2)CC[C@H]1c1ccccc1.O=P1(O)[C@H](c2ccccc2)CC[C@H]1c1ccccc1.[SiH3]c1ccccc1.c1ccc([C@@H]2CC[C@@H](c3ccccc3)P2)cc1. The first kappa shape index (κ1) is 75.9. The molecule has 6 aliphatic rings. The van der Waals surface area contributed by atoms with Gasteiger partial charge in [0.05, 0.1) is 21.9 Å². The van der Waals surface area contributed by atoms with E-state index in [0.717, 1.165) is 80.2 Å². The van der Waals surface area contributed by atoms with E-state index < -0.39 is 47.1 Å². The van der Waals surface area contributed by atoms with E-state index in [2.05, 4.69) is 206 Å². The third-order valence-corrected chi connectivity index (χ3v) is 32.3. The van der Waals surface area contributed by atoms with E-state index in [1.807, 2.05) is 109 Å². The van der Waals surface area contributed by atoms with Crippen LogP contribution in [0.3, 0.4) is 0 Å². The van der Waals surface area contributed by atoms with Gasteiger partial charge in [0.2, 0.25) is 7.37 Å². The summed E-state index contributed by atoms with van der Waals surface area (Å²) in [7, 11) is -3.03. The number of rotatable bonds is 10. The Morgan fingerprint density at radius 1 is 0.356 bits per heavy atom. The van der Waals surface area contributed by atoms with Crippen LogP contribution in [-0.4, -0.2) is 39.0 Å². The zero-order valence-electron chi connectivity index (χ0n) is 56.0. The minimum Gasteiger partial charge on any atom is -0.386 e. The molecule has 101 heavy (non-hydrogen) atoms. The van der Waals surface area contributed by atoms with Gasteiger partial charge in [-0.05, 0) is 103 Å². The van der Waals surface area contributed by atoms with E-state index in [-0.39, 0.29) is 51.4 Å². The number of carbonyl (C=O) groups is 4. The number of halogens is 2. The van der Waals surface area contributed by atoms with Crippen LogP contribution in [0.2, 0.25) is 0 Å². The first-order valence-corrected chi connectivity index (χ1v) is 41.8. The van der Waals surface area contributed by atoms with Crippen LogP contribution in [0.4, 0.5) is 0 Å². The average Bonchev–Trinajstić information content (AvgIpc) is 1.59. The highest BCUT2D eigenvalue weighted by atomic mass is 35.5. The van der Waals surface area contributed by atoms with Crippen LogP contribution in [0.1, 0.15) is 154 Å². The molecule has 1 N–H and O–H groups in total. The molecule has 0 radical (unpaired) electrons. The molecule has 10 atom stereocenters. The lowest BCUT2D eigenvalue weighted by Crippen LogP contribution is -2.05. The van der Waals surface area contributed by atoms with Crippen molar-refractivity contribution in [2.45, 2.75) is 111 Å². The van der Waals surface area contributed by atoms with Crippen LogP contribution in [0.5, 0.6) is 0 Å². The molecule has 0 bridgehead atoms. The highest BCUT2D eigenvalue weighted by molar-refractivity contribution is 7.69. The monoisotopic (exact) mass is 1470 g/mol. The molecular formula is C86H86Cl2O8P4Si. The number of ether oxygens (including phenoxy) is 2. The van der Waals surface area contributed by atoms with Gasteiger partial charge in [-0.3, -0.25) is 4.57 Å². The standard InChI is InChI=1S/C36H32O3P2.C16H17O2P.C16H17P.C7H8.C6H8Si.C4Cl2O3.CH4/c37-35-33(40-29(25-13-5-1-6-14-25)21-22-30(40)26-15-7-2-8-16-26)34(36(38)39-35)41-31(27-17-9-3-10-18-27)23-24-32(41)28-19-11-4-12-20-28;17-19(18)15(13-7-3-1-4-8-13)11-12-16(19)14-9-5-2-6-10-14;1-3-7-13(8-4-1)15-11-12-16(17-15)14-9-5-2-6-10-14;1-7-5-3-2-4-6-7;7-6-4-2-1-3-5-6;5-1-2(6)4(8)9-3(1)7;/h1-20,29-32H,21-24H2;1-10,15-16H,11-12H2,(H,17,18);1-10,15-17H,11-12H2;2-6H,1H3;1-5H,7H3;;1H4/t29-,30?,31-,32?,40?,41?;2*15-,16-;;;;/m000..../s1. The molecule has 6 heterocycles. The quantitative estimate of drug-likeness (QED) is 0.0621. The molecule has 0 saturated carbocycles. The van der Waals surface area contributed by atoms with E-state index in [1.54, 1.807) is 0 Å². The Balaban J connectivity index is 0.000000151. The zero-order chi connectivity index (χ0) is 69.8. The van der Waals surface area contributed by atoms with Crippen molar-refractivity contribution in [2.75, 3.05) is 0 Å². The molecule has 8 nitrogen and oxygen atoms in total. The highest BCUT2D eigenvalue weighted by Crippen LogP contribution is 2.82. The lowest BCUT2D eigenvalue weighted by atomic mass is 10.0. The Kier molecular flexibility index (Phi) is 28.1. The topological polar surface area (TPSA) is 124 Å². The fourth-order valence-electron chi connectivity index (χ4n) is 14.2. The average molecular weight is 1470 g/mol. The minimum atomic E-state index is -3.21. The molecule has 516 valence electrons. The second kappa shape index (κ2) is 37.4. The Bertz CT molecular complexity index is 4030. The van der Waals surface area contributed by atoms with Gasteiger partial charge in [0.15, 0.2) is 10.1 Å². The number of esters is 4. The summed E-state index contributed by atoms with van der Waals surface area (Å²) in [6.07, 6.45) is 8.26. The molecule has 0 aliphatic carbocycles. The second-order valence-electron chi connectivity index (χ2n) is 25.4. The van der Waals surface area contributed by atoms with Crippen molar-refractivity contribution in [1.29, 1.82) is 0 Å². The summed E-state index contributed by atoms with van der Waals surface area (Å²) < 4.78 is 22.4. The van der Waals surface area contributed by atoms with Crippen molar-refractivity contribution in [2.24, 2.45) is 0 Å². The normalized spacial score (nSPS) is 23.0. The Morgan fingerprint density at radius 3 is 0.822 bits per heavy atom. The molecule has 16 rings (SSSR count). The van der Waals surface area contributed by atoms with Crippen molar-refractivity contribution in [3.63, 3.8) is 0 Å². The number of benzene rings is 10. The molecular weight excluding hydrogens is 1380 g/mol. The summed E-state index contributed by atoms with van der Waals surface area (Å²) in [5.74, 6) is -2.56. The van der Waals surface area contributed by atoms with Gasteiger partial charge in [0, 0.05) is 44.2 Å². The van der Waals surface area contributed by atoms with Crippen molar-refractivity contribution in [1.82, 2.24) is 0 Å². The third-order valence-electron chi connectivity index (χ3n) is 19.0. The van der Waals surface area contributed by atoms with E-state index in [4.69, 9.17) is 27.9 Å². The van der Waals surface area contributed by atoms with Crippen LogP contribution >= 0.6 is 55.0 Å². The predicted octanol–water partition coefficient (Wildman–Crippen LogP) is 22.3. The van der Waals surface area contributed by atoms with Crippen LogP contribution < -0.4 is 5.19 Å². The van der Waals surface area contributed by atoms with E-state index in [9.17, 15) is 28.6 Å². The summed E-state index contributed by atoms with van der Waals surface area (Å²) in [6, 6.07) is 105. The Hall–Kier alpha value is -7.76. The summed E-state index contributed by atoms with van der Waals surface area (Å²) in [6.45, 7) is 2.08. The highest BCUT2D eigenvalue weighted by Gasteiger charge is 2.53. The van der Waals surface area contributed by atoms with E-state index in [0.29, 0.717) is 0 Å². The molecule has 15 heteroatoms. The van der Waals surface area contributed by atoms with E-state index >= 15 is 0 Å². The fourth-order valence-corrected chi connectivity index (χ4v) is 27.0. The van der Waals surface area contributed by atoms with Crippen LogP contribution in [-0.2, 0) is 33.2 Å². The fraction of sp³-hybridized carbons (Fsp3) is 0.209. The maximum Gasteiger partial charge on any atom is 0.359 e. The molecule has 10 aromatic rings. The number of hydrogen-bond donors (Lipinski definition) is 1. The molecule has 10 aromatic carbocycles. The van der Waals surface area contributed by atoms with Gasteiger partial charge in [-0.2, -0.15) is 0 Å². The van der Waals surface area contributed by atoms with Gasteiger partial charge in [0.25, 0.3) is 0 Å². The molecule has 4 unspecified atom stereocenters. The van der Waals surface area contributed by atoms with Gasteiger partial charge in [-0.15, -0.1) is 8.58 Å². The van der Waals surface area contributed by atoms with Crippen molar-refractivity contribution in [3.05, 3.63) is 374 Å². The predicted molar refractivity (Wildman–Crippen MR) is 424 cm³/mol. The molecule has 6 aliphatic heterocycles. The van der Waals surface area contributed by atoms with Gasteiger partial charge in [0.1, 0.15) is 0 Å². The first-order valence-electron chi connectivity index (χ1n) is 34.1. The van der Waals surface area contributed by atoms with Gasteiger partial charge in [-0.1, -0.05) is 361 Å². The maximum absolute atomic E-state index is 13.9. The van der Waals surface area contributed by atoms with Crippen LogP contribution in [0, 0.1) is 6.92 Å². The lowest BCUT2D eigenvalue weighted by molar-refractivity contribution is -0.152. The van der Waals surface area contributed by atoms with Gasteiger partial charge >= 0.3 is 23.9 Å². The van der Waals surface area contributed by atoms with Crippen molar-refractivity contribution >= 4 is 94.3 Å². The molecule has 0 amide bonds. The molecule has 4 fully saturated rings. The number of aryl methyl sites for hydroxylation is 1. The lowest BCUT2D eigenvalue weighted by Gasteiger charge is -2.31. The molecule has 4 saturated heterocycles. The number of hydrogen-bond acceptors (Lipinski definition) is 7. The molecule has 0 spiro atoms. The molecule has 0 aromatic heterocycles. The van der Waals surface area contributed by atoms with Crippen molar-refractivity contribution < 1.29 is 38.1 Å². The minimum absolute atomic E-state index is 0. The number of carbonyl (C=O) groups excluding carboxylic acids is 4. The summed E-state index contributed by atoms with van der Waals surface area (Å²) in [5.41, 5.74) is 13.4. The smallest absolute Gasteiger partial charge is 0.359 e. The maximum atomic E-state index is 13.9. The number of cyclic esters (lactones) is 4. The summed E-state index contributed by atoms with van der Waals surface area (Å²) in [4.78, 5) is 58.9. The zero-order valence-corrected chi connectivity index (χ0v) is 63.2. The van der Waals surface area contributed by atoms with Crippen LogP contribution in [0.15, 0.2) is 324 Å².